The van der Waals surface area contributed by atoms with Crippen molar-refractivity contribution in [2.45, 2.75) is 85.6 Å². The van der Waals surface area contributed by atoms with Crippen molar-refractivity contribution in [1.82, 2.24) is 4.57 Å². The fraction of sp³-hybridized carbons (Fsp3) is 0.283. The van der Waals surface area contributed by atoms with Crippen molar-refractivity contribution in [3.05, 3.63) is 149 Å². The van der Waals surface area contributed by atoms with E-state index in [9.17, 15) is 0 Å². The fourth-order valence-electron chi connectivity index (χ4n) is 7.26. The number of allylic oxidation sites excluding steroid dienone is 7. The zero-order valence-corrected chi connectivity index (χ0v) is 30.5. The van der Waals surface area contributed by atoms with Crippen molar-refractivity contribution in [2.24, 2.45) is 4.99 Å². The molecule has 4 heteroatoms. The van der Waals surface area contributed by atoms with Gasteiger partial charge in [-0.25, -0.2) is 4.99 Å². The summed E-state index contributed by atoms with van der Waals surface area (Å²) >= 11 is 0. The van der Waals surface area contributed by atoms with E-state index in [1.165, 1.54) is 33.5 Å². The van der Waals surface area contributed by atoms with Crippen molar-refractivity contribution < 1.29 is 4.42 Å². The molecule has 0 saturated heterocycles. The molecule has 4 nitrogen and oxygen atoms in total. The summed E-state index contributed by atoms with van der Waals surface area (Å²) in [4.78, 5) is 7.70. The fourth-order valence-corrected chi connectivity index (χ4v) is 7.26. The van der Waals surface area contributed by atoms with E-state index in [2.05, 4.69) is 166 Å². The average Bonchev–Trinajstić information content (AvgIpc) is 3.50. The number of fused-ring (bicyclic) bond motifs is 3. The number of rotatable bonds is 11. The summed E-state index contributed by atoms with van der Waals surface area (Å²) in [5.41, 5.74) is 11.5. The SMILES string of the molecule is C=C(/C=C\C=C/CC)N(c1ccccc1)C(C)/C=C\c1c(C)c(CC)c(/C=C\C)n1C1=NC(c2ccc3oc4c(c3c2)C=CCCC4)=CCC1. The highest BCUT2D eigenvalue weighted by Crippen LogP contribution is 2.35. The molecule has 0 N–H and O–H groups in total. The van der Waals surface area contributed by atoms with Gasteiger partial charge in [-0.05, 0) is 113 Å². The van der Waals surface area contributed by atoms with Gasteiger partial charge in [0.2, 0.25) is 0 Å². The van der Waals surface area contributed by atoms with Crippen molar-refractivity contribution in [2.75, 3.05) is 4.90 Å². The third-order valence-corrected chi connectivity index (χ3v) is 9.73. The molecule has 2 aromatic carbocycles. The Kier molecular flexibility index (Phi) is 11.2. The number of hydrogen-bond donors (Lipinski definition) is 0. The summed E-state index contributed by atoms with van der Waals surface area (Å²) < 4.78 is 8.69. The maximum Gasteiger partial charge on any atom is 0.134 e. The maximum absolute atomic E-state index is 6.28. The number of benzene rings is 2. The van der Waals surface area contributed by atoms with Crippen LogP contribution in [0.25, 0.3) is 34.9 Å². The number of aromatic nitrogens is 1. The van der Waals surface area contributed by atoms with Gasteiger partial charge in [0.05, 0.1) is 17.1 Å². The highest BCUT2D eigenvalue weighted by molar-refractivity contribution is 5.97. The van der Waals surface area contributed by atoms with Crippen molar-refractivity contribution >= 4 is 46.4 Å². The summed E-state index contributed by atoms with van der Waals surface area (Å²) in [5.74, 6) is 2.18. The molecule has 0 amide bonds. The quantitative estimate of drug-likeness (QED) is 0.150. The Morgan fingerprint density at radius 3 is 2.66 bits per heavy atom. The van der Waals surface area contributed by atoms with E-state index in [4.69, 9.17) is 9.41 Å². The Bertz CT molecular complexity index is 2050. The molecule has 0 saturated carbocycles. The second-order valence-corrected chi connectivity index (χ2v) is 13.2. The van der Waals surface area contributed by atoms with E-state index in [-0.39, 0.29) is 6.04 Å². The van der Waals surface area contributed by atoms with Crippen LogP contribution in [-0.4, -0.2) is 16.4 Å². The molecular formula is C46H51N3O. The van der Waals surface area contributed by atoms with Crippen LogP contribution in [0.3, 0.4) is 0 Å². The van der Waals surface area contributed by atoms with Crippen LogP contribution < -0.4 is 4.90 Å². The lowest BCUT2D eigenvalue weighted by atomic mass is 10.0. The average molecular weight is 662 g/mol. The van der Waals surface area contributed by atoms with E-state index >= 15 is 0 Å². The molecule has 50 heavy (non-hydrogen) atoms. The summed E-state index contributed by atoms with van der Waals surface area (Å²) in [6.45, 7) is 15.5. The van der Waals surface area contributed by atoms with Gasteiger partial charge in [0.15, 0.2) is 0 Å². The number of para-hydroxylation sites is 1. The molecule has 0 spiro atoms. The molecule has 2 aromatic heterocycles. The normalized spacial score (nSPS) is 15.7. The van der Waals surface area contributed by atoms with Gasteiger partial charge >= 0.3 is 0 Å². The third-order valence-electron chi connectivity index (χ3n) is 9.73. The lowest BCUT2D eigenvalue weighted by Crippen LogP contribution is -2.29. The standard InChI is InChI=1S/C46H51N3O/c1-7-10-11-14-21-33(4)48(37-22-15-12-16-23-37)34(5)28-30-42-35(6)38(9-3)43(20-8-2)49(42)46-27-19-25-41(47-46)36-29-31-45-40(32-36)39-24-17-13-18-26-44(39)50-45/h8,10-12,14-17,20-25,28-32,34H,4,7,9,13,18-19,26-27H2,1-3,5-6H3/b11-10-,20-8-,21-14-,30-28-. The van der Waals surface area contributed by atoms with Gasteiger partial charge in [-0.1, -0.05) is 87.2 Å². The Labute approximate surface area is 298 Å². The second-order valence-electron chi connectivity index (χ2n) is 13.2. The third kappa shape index (κ3) is 7.26. The molecule has 4 aromatic rings. The molecule has 1 unspecified atom stereocenters. The van der Waals surface area contributed by atoms with Crippen LogP contribution in [0.1, 0.15) is 99.2 Å². The Balaban J connectivity index is 1.40. The number of hydrogen-bond acceptors (Lipinski definition) is 3. The van der Waals surface area contributed by atoms with Crippen LogP contribution in [0.5, 0.6) is 0 Å². The van der Waals surface area contributed by atoms with Gasteiger partial charge in [0, 0.05) is 46.8 Å². The van der Waals surface area contributed by atoms with Crippen LogP contribution >= 0.6 is 0 Å². The molecule has 1 aliphatic carbocycles. The summed E-state index contributed by atoms with van der Waals surface area (Å²) in [7, 11) is 0. The first kappa shape index (κ1) is 34.8. The first-order valence-corrected chi connectivity index (χ1v) is 18.4. The van der Waals surface area contributed by atoms with Crippen LogP contribution in [0.15, 0.2) is 119 Å². The second kappa shape index (κ2) is 16.1. The summed E-state index contributed by atoms with van der Waals surface area (Å²) in [5, 5.41) is 1.18. The molecule has 1 atom stereocenters. The van der Waals surface area contributed by atoms with E-state index < -0.39 is 0 Å². The molecule has 0 bridgehead atoms. The topological polar surface area (TPSA) is 33.7 Å². The molecule has 6 rings (SSSR count). The van der Waals surface area contributed by atoms with Crippen molar-refractivity contribution in [1.29, 1.82) is 0 Å². The Morgan fingerprint density at radius 1 is 1.04 bits per heavy atom. The smallest absolute Gasteiger partial charge is 0.134 e. The van der Waals surface area contributed by atoms with E-state index in [0.29, 0.717) is 0 Å². The number of anilines is 1. The largest absolute Gasteiger partial charge is 0.460 e. The maximum atomic E-state index is 6.28. The zero-order chi connectivity index (χ0) is 35.0. The molecule has 2 aliphatic rings. The van der Waals surface area contributed by atoms with Gasteiger partial charge in [-0.15, -0.1) is 0 Å². The molecule has 0 fully saturated rings. The minimum atomic E-state index is 0.0531. The van der Waals surface area contributed by atoms with Gasteiger partial charge in [-0.3, -0.25) is 4.57 Å². The number of aryl methyl sites for hydroxylation is 1. The Hall–Kier alpha value is -5.09. The molecule has 256 valence electrons. The zero-order valence-electron chi connectivity index (χ0n) is 30.5. The first-order valence-electron chi connectivity index (χ1n) is 18.4. The lowest BCUT2D eigenvalue weighted by molar-refractivity contribution is 0.540. The predicted octanol–water partition coefficient (Wildman–Crippen LogP) is 12.5. The van der Waals surface area contributed by atoms with Crippen LogP contribution in [0, 0.1) is 6.92 Å². The summed E-state index contributed by atoms with van der Waals surface area (Å²) in [6.07, 6.45) is 31.2. The minimum absolute atomic E-state index is 0.0531. The van der Waals surface area contributed by atoms with Gasteiger partial charge < -0.3 is 9.32 Å². The van der Waals surface area contributed by atoms with E-state index in [1.54, 1.807) is 0 Å². The van der Waals surface area contributed by atoms with E-state index in [1.807, 2.05) is 0 Å². The summed E-state index contributed by atoms with van der Waals surface area (Å²) in [6, 6.07) is 17.1. The van der Waals surface area contributed by atoms with Gasteiger partial charge in [-0.2, -0.15) is 0 Å². The first-order chi connectivity index (χ1) is 24.4. The van der Waals surface area contributed by atoms with Crippen LogP contribution in [0.4, 0.5) is 5.69 Å². The van der Waals surface area contributed by atoms with Crippen molar-refractivity contribution in [3.63, 3.8) is 0 Å². The van der Waals surface area contributed by atoms with Gasteiger partial charge in [0.1, 0.15) is 17.2 Å². The molecule has 3 heterocycles. The molecule has 0 radical (unpaired) electrons. The number of aliphatic imine (C=N–C) groups is 1. The number of furan rings is 1. The molecular weight excluding hydrogens is 611 g/mol. The monoisotopic (exact) mass is 661 g/mol. The van der Waals surface area contributed by atoms with Gasteiger partial charge in [0.25, 0.3) is 0 Å². The van der Waals surface area contributed by atoms with Crippen LogP contribution in [0.2, 0.25) is 0 Å². The van der Waals surface area contributed by atoms with Crippen molar-refractivity contribution in [3.8, 4) is 0 Å². The lowest BCUT2D eigenvalue weighted by Gasteiger charge is -2.30. The highest BCUT2D eigenvalue weighted by atomic mass is 16.3. The highest BCUT2D eigenvalue weighted by Gasteiger charge is 2.23. The van der Waals surface area contributed by atoms with E-state index in [0.717, 1.165) is 84.8 Å². The number of nitrogens with zero attached hydrogens (tertiary/aromatic N) is 3. The van der Waals surface area contributed by atoms with Crippen LogP contribution in [-0.2, 0) is 12.8 Å². The Morgan fingerprint density at radius 2 is 1.88 bits per heavy atom. The predicted molar refractivity (Wildman–Crippen MR) is 217 cm³/mol. The minimum Gasteiger partial charge on any atom is -0.460 e. The molecule has 1 aliphatic heterocycles.